The molecule has 1 fully saturated rings. The van der Waals surface area contributed by atoms with Crippen molar-refractivity contribution in [2.45, 2.75) is 11.3 Å². The Morgan fingerprint density at radius 2 is 2.16 bits per heavy atom. The molecule has 0 radical (unpaired) electrons. The molecule has 0 aliphatic carbocycles. The molecule has 2 rings (SSSR count). The normalized spacial score (nSPS) is 20.9. The van der Waals surface area contributed by atoms with Crippen molar-refractivity contribution in [2.75, 3.05) is 26.7 Å². The summed E-state index contributed by atoms with van der Waals surface area (Å²) in [6, 6.07) is 5.13. The third-order valence-electron chi connectivity index (χ3n) is 3.23. The number of nitrogens with one attached hydrogen (secondary N) is 1. The predicted octanol–water partition coefficient (Wildman–Crippen LogP) is 2.44. The summed E-state index contributed by atoms with van der Waals surface area (Å²) in [6.45, 7) is 2.47. The maximum atomic E-state index is 12.3. The van der Waals surface area contributed by atoms with E-state index < -0.39 is 10.0 Å². The number of hydrogen-bond donors (Lipinski definition) is 1. The Morgan fingerprint density at radius 3 is 2.79 bits per heavy atom. The SMILES string of the molecule is CN1CCC(CNS(=O)(=O)c2cc(Br)ccc2Br)C1. The molecule has 0 aromatic heterocycles. The van der Waals surface area contributed by atoms with Crippen LogP contribution in [0, 0.1) is 5.92 Å². The monoisotopic (exact) mass is 410 g/mol. The van der Waals surface area contributed by atoms with Crippen LogP contribution in [0.5, 0.6) is 0 Å². The van der Waals surface area contributed by atoms with Gasteiger partial charge in [0.2, 0.25) is 10.0 Å². The maximum absolute atomic E-state index is 12.3. The van der Waals surface area contributed by atoms with Crippen LogP contribution in [0.1, 0.15) is 6.42 Å². The average molecular weight is 412 g/mol. The van der Waals surface area contributed by atoms with Crippen LogP contribution in [0.15, 0.2) is 32.0 Å². The van der Waals surface area contributed by atoms with Crippen molar-refractivity contribution in [3.05, 3.63) is 27.1 Å². The van der Waals surface area contributed by atoms with Crippen LogP contribution in [-0.2, 0) is 10.0 Å². The highest BCUT2D eigenvalue weighted by molar-refractivity contribution is 9.11. The molecule has 1 aromatic carbocycles. The molecule has 1 N–H and O–H groups in total. The molecule has 0 amide bonds. The number of rotatable bonds is 4. The van der Waals surface area contributed by atoms with Crippen molar-refractivity contribution < 1.29 is 8.42 Å². The van der Waals surface area contributed by atoms with Gasteiger partial charge in [-0.15, -0.1) is 0 Å². The molecule has 1 saturated heterocycles. The second-order valence-corrected chi connectivity index (χ2v) is 8.35. The molecule has 1 heterocycles. The zero-order chi connectivity index (χ0) is 14.0. The summed E-state index contributed by atoms with van der Waals surface area (Å²) in [5, 5.41) is 0. The summed E-state index contributed by atoms with van der Waals surface area (Å²) in [6.07, 6.45) is 1.04. The first-order valence-corrected chi connectivity index (χ1v) is 9.08. The van der Waals surface area contributed by atoms with Crippen LogP contribution in [-0.4, -0.2) is 40.0 Å². The average Bonchev–Trinajstić information content (AvgIpc) is 2.76. The molecule has 1 aliphatic rings. The van der Waals surface area contributed by atoms with Gasteiger partial charge in [0.25, 0.3) is 0 Å². The van der Waals surface area contributed by atoms with E-state index in [1.54, 1.807) is 18.2 Å². The minimum Gasteiger partial charge on any atom is -0.306 e. The van der Waals surface area contributed by atoms with Gasteiger partial charge in [-0.25, -0.2) is 13.1 Å². The van der Waals surface area contributed by atoms with Gasteiger partial charge in [-0.3, -0.25) is 0 Å². The van der Waals surface area contributed by atoms with E-state index in [2.05, 4.69) is 48.5 Å². The van der Waals surface area contributed by atoms with Gasteiger partial charge in [0.1, 0.15) is 0 Å². The Balaban J connectivity index is 2.08. The topological polar surface area (TPSA) is 49.4 Å². The van der Waals surface area contributed by atoms with Crippen LogP contribution in [0.4, 0.5) is 0 Å². The van der Waals surface area contributed by atoms with Gasteiger partial charge in [-0.1, -0.05) is 15.9 Å². The fraction of sp³-hybridized carbons (Fsp3) is 0.500. The summed E-state index contributed by atoms with van der Waals surface area (Å²) in [5.41, 5.74) is 0. The molecule has 1 aromatic rings. The lowest BCUT2D eigenvalue weighted by molar-refractivity contribution is 0.394. The largest absolute Gasteiger partial charge is 0.306 e. The van der Waals surface area contributed by atoms with E-state index in [1.807, 2.05) is 0 Å². The molecular formula is C12H16Br2N2O2S. The minimum absolute atomic E-state index is 0.272. The third kappa shape index (κ3) is 4.01. The van der Waals surface area contributed by atoms with Gasteiger partial charge in [0, 0.05) is 22.0 Å². The molecule has 0 saturated carbocycles. The van der Waals surface area contributed by atoms with Crippen molar-refractivity contribution >= 4 is 41.9 Å². The Labute approximate surface area is 130 Å². The van der Waals surface area contributed by atoms with Crippen molar-refractivity contribution in [2.24, 2.45) is 5.92 Å². The van der Waals surface area contributed by atoms with E-state index in [-0.39, 0.29) is 4.90 Å². The summed E-state index contributed by atoms with van der Waals surface area (Å²) < 4.78 is 28.6. The Kier molecular flexibility index (Phi) is 5.05. The van der Waals surface area contributed by atoms with Crippen LogP contribution >= 0.6 is 31.9 Å². The third-order valence-corrected chi connectivity index (χ3v) is 6.14. The number of hydrogen-bond acceptors (Lipinski definition) is 3. The van der Waals surface area contributed by atoms with Gasteiger partial charge in [0.05, 0.1) is 4.90 Å². The lowest BCUT2D eigenvalue weighted by atomic mass is 10.1. The summed E-state index contributed by atoms with van der Waals surface area (Å²) in [4.78, 5) is 2.49. The van der Waals surface area contributed by atoms with Crippen molar-refractivity contribution in [1.29, 1.82) is 0 Å². The van der Waals surface area contributed by atoms with E-state index >= 15 is 0 Å². The van der Waals surface area contributed by atoms with Crippen LogP contribution in [0.3, 0.4) is 0 Å². The molecular weight excluding hydrogens is 396 g/mol. The van der Waals surface area contributed by atoms with Gasteiger partial charge in [-0.05, 0) is 60.1 Å². The van der Waals surface area contributed by atoms with E-state index in [1.165, 1.54) is 0 Å². The smallest absolute Gasteiger partial charge is 0.241 e. The van der Waals surface area contributed by atoms with E-state index in [9.17, 15) is 8.42 Å². The predicted molar refractivity (Wildman–Crippen MR) is 82.6 cm³/mol. The quantitative estimate of drug-likeness (QED) is 0.827. The fourth-order valence-electron chi connectivity index (χ4n) is 2.18. The summed E-state index contributed by atoms with van der Waals surface area (Å²) in [7, 11) is -1.41. The van der Waals surface area contributed by atoms with Crippen molar-refractivity contribution in [1.82, 2.24) is 9.62 Å². The second-order valence-electron chi connectivity index (χ2n) is 4.84. The lowest BCUT2D eigenvalue weighted by Crippen LogP contribution is -2.30. The molecule has 7 heteroatoms. The standard InChI is InChI=1S/C12H16Br2N2O2S/c1-16-5-4-9(8-16)7-15-19(17,18)12-6-10(13)2-3-11(12)14/h2-3,6,9,15H,4-5,7-8H2,1H3. The second kappa shape index (κ2) is 6.22. The molecule has 1 unspecified atom stereocenters. The summed E-state index contributed by atoms with van der Waals surface area (Å²) >= 11 is 6.58. The van der Waals surface area contributed by atoms with Gasteiger partial charge >= 0.3 is 0 Å². The van der Waals surface area contributed by atoms with Crippen molar-refractivity contribution in [3.8, 4) is 0 Å². The molecule has 4 nitrogen and oxygen atoms in total. The number of nitrogens with zero attached hydrogens (tertiary/aromatic N) is 1. The number of benzene rings is 1. The molecule has 1 atom stereocenters. The number of sulfonamides is 1. The number of likely N-dealkylation sites (tertiary alicyclic amines) is 1. The van der Waals surface area contributed by atoms with E-state index in [0.29, 0.717) is 16.9 Å². The highest BCUT2D eigenvalue weighted by atomic mass is 79.9. The Morgan fingerprint density at radius 1 is 1.42 bits per heavy atom. The highest BCUT2D eigenvalue weighted by Crippen LogP contribution is 2.25. The first-order chi connectivity index (χ1) is 8.88. The van der Waals surface area contributed by atoms with Gasteiger partial charge in [0.15, 0.2) is 0 Å². The fourth-order valence-corrected chi connectivity index (χ4v) is 4.80. The van der Waals surface area contributed by atoms with E-state index in [0.717, 1.165) is 24.0 Å². The summed E-state index contributed by atoms with van der Waals surface area (Å²) in [5.74, 6) is 0.394. The molecule has 106 valence electrons. The minimum atomic E-state index is -3.46. The molecule has 0 spiro atoms. The maximum Gasteiger partial charge on any atom is 0.241 e. The zero-order valence-corrected chi connectivity index (χ0v) is 14.6. The Hall–Kier alpha value is 0.0500. The molecule has 1 aliphatic heterocycles. The Bertz CT molecular complexity index is 563. The molecule has 0 bridgehead atoms. The molecule has 19 heavy (non-hydrogen) atoms. The van der Waals surface area contributed by atoms with Crippen LogP contribution in [0.2, 0.25) is 0 Å². The zero-order valence-electron chi connectivity index (χ0n) is 10.6. The van der Waals surface area contributed by atoms with E-state index in [4.69, 9.17) is 0 Å². The number of halogens is 2. The lowest BCUT2D eigenvalue weighted by Gasteiger charge is -2.13. The van der Waals surface area contributed by atoms with Gasteiger partial charge < -0.3 is 4.90 Å². The van der Waals surface area contributed by atoms with Crippen LogP contribution < -0.4 is 4.72 Å². The van der Waals surface area contributed by atoms with Gasteiger partial charge in [-0.2, -0.15) is 0 Å². The first kappa shape index (κ1) is 15.4. The highest BCUT2D eigenvalue weighted by Gasteiger charge is 2.23. The van der Waals surface area contributed by atoms with Crippen molar-refractivity contribution in [3.63, 3.8) is 0 Å². The van der Waals surface area contributed by atoms with Crippen LogP contribution in [0.25, 0.3) is 0 Å². The first-order valence-electron chi connectivity index (χ1n) is 6.02.